The molecule has 0 aliphatic heterocycles. The molecule has 64 valence electrons. The van der Waals surface area contributed by atoms with Crippen LogP contribution < -0.4 is 5.73 Å². The maximum atomic E-state index is 5.85. The number of rotatable bonds is 2. The van der Waals surface area contributed by atoms with Gasteiger partial charge in [-0.1, -0.05) is 37.3 Å². The molecule has 1 heteroatoms. The Hall–Kier alpha value is -0.820. The SMILES string of the molecule is CC1(Cc2ccccc2)CC1N. The Bertz CT molecular complexity index is 268. The highest BCUT2D eigenvalue weighted by Crippen LogP contribution is 2.46. The second-order valence-electron chi connectivity index (χ2n) is 4.13. The highest BCUT2D eigenvalue weighted by atomic mass is 14.8. The molecule has 0 bridgehead atoms. The minimum Gasteiger partial charge on any atom is -0.327 e. The van der Waals surface area contributed by atoms with Gasteiger partial charge in [0.05, 0.1) is 0 Å². The van der Waals surface area contributed by atoms with Crippen LogP contribution in [0.15, 0.2) is 30.3 Å². The van der Waals surface area contributed by atoms with Crippen LogP contribution in [-0.2, 0) is 6.42 Å². The van der Waals surface area contributed by atoms with Gasteiger partial charge >= 0.3 is 0 Å². The van der Waals surface area contributed by atoms with Gasteiger partial charge in [-0.15, -0.1) is 0 Å². The van der Waals surface area contributed by atoms with Crippen LogP contribution in [0.25, 0.3) is 0 Å². The third kappa shape index (κ3) is 1.37. The maximum absolute atomic E-state index is 5.85. The minimum atomic E-state index is 0.390. The Labute approximate surface area is 73.6 Å². The summed E-state index contributed by atoms with van der Waals surface area (Å²) in [6.45, 7) is 2.27. The fraction of sp³-hybridized carbons (Fsp3) is 0.455. The first-order chi connectivity index (χ1) is 5.71. The fourth-order valence-corrected chi connectivity index (χ4v) is 1.71. The number of benzene rings is 1. The first-order valence-corrected chi connectivity index (χ1v) is 4.50. The zero-order valence-corrected chi connectivity index (χ0v) is 7.46. The Morgan fingerprint density at radius 1 is 1.42 bits per heavy atom. The first kappa shape index (κ1) is 7.81. The summed E-state index contributed by atoms with van der Waals surface area (Å²) in [7, 11) is 0. The molecule has 0 aromatic heterocycles. The van der Waals surface area contributed by atoms with Gasteiger partial charge < -0.3 is 5.73 Å². The first-order valence-electron chi connectivity index (χ1n) is 4.50. The normalized spacial score (nSPS) is 33.3. The van der Waals surface area contributed by atoms with E-state index in [0.29, 0.717) is 11.5 Å². The predicted octanol–water partition coefficient (Wildman–Crippen LogP) is 1.97. The molecule has 2 N–H and O–H groups in total. The minimum absolute atomic E-state index is 0.390. The third-order valence-electron chi connectivity index (χ3n) is 2.87. The van der Waals surface area contributed by atoms with Crippen LogP contribution in [0, 0.1) is 5.41 Å². The molecule has 0 heterocycles. The van der Waals surface area contributed by atoms with Gasteiger partial charge in [0.15, 0.2) is 0 Å². The average molecular weight is 161 g/mol. The Balaban J connectivity index is 2.06. The molecule has 12 heavy (non-hydrogen) atoms. The molecule has 1 aromatic carbocycles. The van der Waals surface area contributed by atoms with E-state index in [9.17, 15) is 0 Å². The highest BCUT2D eigenvalue weighted by molar-refractivity contribution is 5.20. The van der Waals surface area contributed by atoms with Crippen LogP contribution in [0.4, 0.5) is 0 Å². The van der Waals surface area contributed by atoms with E-state index in [2.05, 4.69) is 37.3 Å². The predicted molar refractivity (Wildman–Crippen MR) is 50.8 cm³/mol. The van der Waals surface area contributed by atoms with Crippen molar-refractivity contribution < 1.29 is 0 Å². The van der Waals surface area contributed by atoms with Crippen molar-refractivity contribution in [1.82, 2.24) is 0 Å². The van der Waals surface area contributed by atoms with Gasteiger partial charge in [0.25, 0.3) is 0 Å². The number of nitrogens with two attached hydrogens (primary N) is 1. The van der Waals surface area contributed by atoms with E-state index in [1.807, 2.05) is 0 Å². The third-order valence-corrected chi connectivity index (χ3v) is 2.87. The number of hydrogen-bond acceptors (Lipinski definition) is 1. The van der Waals surface area contributed by atoms with Crippen molar-refractivity contribution in [3.63, 3.8) is 0 Å². The van der Waals surface area contributed by atoms with E-state index in [-0.39, 0.29) is 0 Å². The fourth-order valence-electron chi connectivity index (χ4n) is 1.71. The van der Waals surface area contributed by atoms with E-state index >= 15 is 0 Å². The summed E-state index contributed by atoms with van der Waals surface area (Å²) >= 11 is 0. The molecule has 0 amide bonds. The van der Waals surface area contributed by atoms with Crippen LogP contribution in [0.3, 0.4) is 0 Å². The largest absolute Gasteiger partial charge is 0.327 e. The molecule has 0 saturated heterocycles. The van der Waals surface area contributed by atoms with E-state index in [1.54, 1.807) is 0 Å². The summed E-state index contributed by atoms with van der Waals surface area (Å²) in [6.07, 6.45) is 2.32. The molecule has 1 saturated carbocycles. The summed E-state index contributed by atoms with van der Waals surface area (Å²) in [6, 6.07) is 11.0. The van der Waals surface area contributed by atoms with E-state index in [4.69, 9.17) is 5.73 Å². The molecular weight excluding hydrogens is 146 g/mol. The van der Waals surface area contributed by atoms with Crippen molar-refractivity contribution >= 4 is 0 Å². The van der Waals surface area contributed by atoms with Crippen molar-refractivity contribution in [2.45, 2.75) is 25.8 Å². The summed E-state index contributed by atoms with van der Waals surface area (Å²) in [4.78, 5) is 0. The smallest absolute Gasteiger partial charge is 0.0103 e. The Kier molecular flexibility index (Phi) is 1.69. The summed E-state index contributed by atoms with van der Waals surface area (Å²) in [5.74, 6) is 0. The summed E-state index contributed by atoms with van der Waals surface area (Å²) < 4.78 is 0. The molecule has 1 aliphatic carbocycles. The lowest BCUT2D eigenvalue weighted by Crippen LogP contribution is -2.12. The van der Waals surface area contributed by atoms with Crippen molar-refractivity contribution in [2.75, 3.05) is 0 Å². The van der Waals surface area contributed by atoms with Crippen molar-refractivity contribution in [3.8, 4) is 0 Å². The standard InChI is InChI=1S/C11H15N/c1-11(8-10(11)12)7-9-5-3-2-4-6-9/h2-6,10H,7-8,12H2,1H3. The Morgan fingerprint density at radius 3 is 2.50 bits per heavy atom. The van der Waals surface area contributed by atoms with Crippen molar-refractivity contribution in [1.29, 1.82) is 0 Å². The van der Waals surface area contributed by atoms with Gasteiger partial charge in [-0.25, -0.2) is 0 Å². The van der Waals surface area contributed by atoms with Crippen LogP contribution in [0.1, 0.15) is 18.9 Å². The number of hydrogen-bond donors (Lipinski definition) is 1. The second-order valence-corrected chi connectivity index (χ2v) is 4.13. The molecule has 2 unspecified atom stereocenters. The van der Waals surface area contributed by atoms with Crippen LogP contribution >= 0.6 is 0 Å². The van der Waals surface area contributed by atoms with Gasteiger partial charge in [-0.2, -0.15) is 0 Å². The molecule has 1 aliphatic rings. The van der Waals surface area contributed by atoms with Gasteiger partial charge in [0.2, 0.25) is 0 Å². The van der Waals surface area contributed by atoms with E-state index in [1.165, 1.54) is 12.0 Å². The van der Waals surface area contributed by atoms with Gasteiger partial charge in [-0.3, -0.25) is 0 Å². The zero-order chi connectivity index (χ0) is 8.60. The molecule has 1 fully saturated rings. The molecule has 1 nitrogen and oxygen atoms in total. The monoisotopic (exact) mass is 161 g/mol. The average Bonchev–Trinajstić information content (AvgIpc) is 2.61. The summed E-state index contributed by atoms with van der Waals surface area (Å²) in [5, 5.41) is 0. The molecule has 0 radical (unpaired) electrons. The second kappa shape index (κ2) is 2.60. The van der Waals surface area contributed by atoms with Crippen LogP contribution in [-0.4, -0.2) is 6.04 Å². The van der Waals surface area contributed by atoms with Gasteiger partial charge in [0, 0.05) is 6.04 Å². The quantitative estimate of drug-likeness (QED) is 0.705. The maximum Gasteiger partial charge on any atom is 0.0103 e. The molecule has 0 spiro atoms. The topological polar surface area (TPSA) is 26.0 Å². The highest BCUT2D eigenvalue weighted by Gasteiger charge is 2.46. The van der Waals surface area contributed by atoms with Crippen molar-refractivity contribution in [3.05, 3.63) is 35.9 Å². The molecular formula is C11H15N. The Morgan fingerprint density at radius 2 is 2.00 bits per heavy atom. The van der Waals surface area contributed by atoms with E-state index in [0.717, 1.165) is 6.42 Å². The van der Waals surface area contributed by atoms with Crippen LogP contribution in [0.5, 0.6) is 0 Å². The lowest BCUT2D eigenvalue weighted by atomic mass is 9.98. The summed E-state index contributed by atoms with van der Waals surface area (Å²) in [5.41, 5.74) is 7.65. The van der Waals surface area contributed by atoms with Crippen LogP contribution in [0.2, 0.25) is 0 Å². The van der Waals surface area contributed by atoms with Gasteiger partial charge in [0.1, 0.15) is 0 Å². The molecule has 1 aromatic rings. The molecule has 2 atom stereocenters. The van der Waals surface area contributed by atoms with E-state index < -0.39 is 0 Å². The lowest BCUT2D eigenvalue weighted by molar-refractivity contribution is 0.544. The van der Waals surface area contributed by atoms with Crippen molar-refractivity contribution in [2.24, 2.45) is 11.1 Å². The van der Waals surface area contributed by atoms with Gasteiger partial charge in [-0.05, 0) is 23.8 Å². The zero-order valence-electron chi connectivity index (χ0n) is 7.46. The molecule has 2 rings (SSSR count). The lowest BCUT2D eigenvalue weighted by Gasteiger charge is -2.08.